The van der Waals surface area contributed by atoms with Gasteiger partial charge in [-0.15, -0.1) is 6.42 Å². The summed E-state index contributed by atoms with van der Waals surface area (Å²) >= 11 is 0. The van der Waals surface area contributed by atoms with Crippen LogP contribution in [0.5, 0.6) is 0 Å². The number of terminal acetylenes is 1. The van der Waals surface area contributed by atoms with Gasteiger partial charge in [0, 0.05) is 25.0 Å². The molecule has 0 amide bonds. The lowest BCUT2D eigenvalue weighted by molar-refractivity contribution is 0.103. The zero-order valence-corrected chi connectivity index (χ0v) is 14.0. The third kappa shape index (κ3) is 4.13. The Kier molecular flexibility index (Phi) is 4.92. The molecule has 0 N–H and O–H groups in total. The van der Waals surface area contributed by atoms with E-state index in [1.165, 1.54) is 11.1 Å². The highest BCUT2D eigenvalue weighted by molar-refractivity contribution is 6.04. The smallest absolute Gasteiger partial charge is 0.221 e. The van der Waals surface area contributed by atoms with Crippen LogP contribution in [0, 0.1) is 12.3 Å². The van der Waals surface area contributed by atoms with Crippen LogP contribution in [0.3, 0.4) is 0 Å². The van der Waals surface area contributed by atoms with E-state index >= 15 is 0 Å². The maximum Gasteiger partial charge on any atom is 0.221 e. The first-order chi connectivity index (χ1) is 12.2. The van der Waals surface area contributed by atoms with Crippen LogP contribution in [0.2, 0.25) is 0 Å². The van der Waals surface area contributed by atoms with Crippen LogP contribution in [0.4, 0.5) is 0 Å². The van der Waals surface area contributed by atoms with Crippen molar-refractivity contribution >= 4 is 11.9 Å². The van der Waals surface area contributed by atoms with Gasteiger partial charge in [0.1, 0.15) is 0 Å². The normalized spacial score (nSPS) is 10.7. The van der Waals surface area contributed by atoms with Crippen LogP contribution in [0.15, 0.2) is 67.0 Å². The molecule has 3 rings (SSSR count). The Balaban J connectivity index is 1.65. The van der Waals surface area contributed by atoms with Gasteiger partial charge in [-0.1, -0.05) is 48.4 Å². The molecular weight excluding hydrogens is 308 g/mol. The lowest BCUT2D eigenvalue weighted by atomic mass is 10.0. The Morgan fingerprint density at radius 2 is 1.76 bits per heavy atom. The van der Waals surface area contributed by atoms with Crippen molar-refractivity contribution in [2.75, 3.05) is 0 Å². The minimum Gasteiger partial charge on any atom is -0.331 e. The number of hydrogen-bond donors (Lipinski definition) is 0. The molecule has 0 saturated heterocycles. The number of aryl methyl sites for hydroxylation is 1. The second-order valence-corrected chi connectivity index (χ2v) is 5.82. The van der Waals surface area contributed by atoms with E-state index in [0.717, 1.165) is 17.5 Å². The van der Waals surface area contributed by atoms with Crippen LogP contribution in [0.1, 0.15) is 32.9 Å². The molecule has 0 fully saturated rings. The van der Waals surface area contributed by atoms with Crippen molar-refractivity contribution in [2.45, 2.75) is 6.42 Å². The summed E-state index contributed by atoms with van der Waals surface area (Å²) in [5.41, 5.74) is 4.30. The number of hydrogen-bond acceptors (Lipinski definition) is 2. The number of imidazole rings is 1. The second-order valence-electron chi connectivity index (χ2n) is 5.82. The average molecular weight is 326 g/mol. The van der Waals surface area contributed by atoms with Gasteiger partial charge in [-0.05, 0) is 41.3 Å². The summed E-state index contributed by atoms with van der Waals surface area (Å²) in [7, 11) is 1.80. The summed E-state index contributed by atoms with van der Waals surface area (Å²) in [6, 6.07) is 16.2. The van der Waals surface area contributed by atoms with Crippen LogP contribution in [-0.4, -0.2) is 15.3 Å². The maximum absolute atomic E-state index is 12.1. The summed E-state index contributed by atoms with van der Waals surface area (Å²) in [6.45, 7) is 0. The van der Waals surface area contributed by atoms with Crippen molar-refractivity contribution < 1.29 is 4.79 Å². The van der Waals surface area contributed by atoms with Crippen molar-refractivity contribution in [3.8, 4) is 12.3 Å². The van der Waals surface area contributed by atoms with Gasteiger partial charge in [0.05, 0.1) is 0 Å². The highest BCUT2D eigenvalue weighted by Gasteiger charge is 2.06. The molecule has 0 aliphatic carbocycles. The molecule has 2 aromatic carbocycles. The van der Waals surface area contributed by atoms with E-state index in [1.54, 1.807) is 30.1 Å². The zero-order valence-electron chi connectivity index (χ0n) is 14.0. The number of ketones is 1. The van der Waals surface area contributed by atoms with E-state index in [4.69, 9.17) is 6.42 Å². The molecule has 0 aliphatic rings. The molecule has 0 saturated carbocycles. The Bertz CT molecular complexity index is 939. The molecule has 122 valence electrons. The Labute approximate surface area is 147 Å². The van der Waals surface area contributed by atoms with Crippen molar-refractivity contribution in [2.24, 2.45) is 7.05 Å². The Morgan fingerprint density at radius 1 is 1.12 bits per heavy atom. The summed E-state index contributed by atoms with van der Waals surface area (Å²) in [4.78, 5) is 16.1. The van der Waals surface area contributed by atoms with E-state index in [-0.39, 0.29) is 5.78 Å². The SMILES string of the molecule is C#Cc1ccc(Cc2ccc(/C=C/C(=O)c3nccn3C)cc2)cc1. The maximum atomic E-state index is 12.1. The van der Waals surface area contributed by atoms with E-state index in [0.29, 0.717) is 5.82 Å². The number of nitrogens with zero attached hydrogens (tertiary/aromatic N) is 2. The Morgan fingerprint density at radius 3 is 2.32 bits per heavy atom. The molecule has 3 nitrogen and oxygen atoms in total. The fraction of sp³-hybridized carbons (Fsp3) is 0.0909. The van der Waals surface area contributed by atoms with Gasteiger partial charge in [0.25, 0.3) is 0 Å². The van der Waals surface area contributed by atoms with Crippen molar-refractivity contribution in [1.29, 1.82) is 0 Å². The highest BCUT2D eigenvalue weighted by Crippen LogP contribution is 2.13. The largest absolute Gasteiger partial charge is 0.331 e. The Hall–Kier alpha value is -3.38. The van der Waals surface area contributed by atoms with Crippen LogP contribution >= 0.6 is 0 Å². The van der Waals surface area contributed by atoms with Crippen LogP contribution < -0.4 is 0 Å². The predicted molar refractivity (Wildman–Crippen MR) is 100 cm³/mol. The van der Waals surface area contributed by atoms with Crippen molar-refractivity contribution in [3.05, 3.63) is 95.1 Å². The van der Waals surface area contributed by atoms with Crippen molar-refractivity contribution in [1.82, 2.24) is 9.55 Å². The third-order valence-electron chi connectivity index (χ3n) is 3.98. The summed E-state index contributed by atoms with van der Waals surface area (Å²) in [5, 5.41) is 0. The standard InChI is InChI=1S/C22H18N2O/c1-3-17-4-8-19(9-5-17)16-20-10-6-18(7-11-20)12-13-21(25)22-23-14-15-24(22)2/h1,4-15H,16H2,2H3/b13-12+. The molecule has 0 radical (unpaired) electrons. The van der Waals surface area contributed by atoms with Gasteiger partial charge in [0.15, 0.2) is 5.82 Å². The average Bonchev–Trinajstić information content (AvgIpc) is 3.07. The summed E-state index contributed by atoms with van der Waals surface area (Å²) < 4.78 is 1.71. The summed E-state index contributed by atoms with van der Waals surface area (Å²) in [5.74, 6) is 2.95. The number of carbonyl (C=O) groups excluding carboxylic acids is 1. The predicted octanol–water partition coefficient (Wildman–Crippen LogP) is 3.89. The number of benzene rings is 2. The topological polar surface area (TPSA) is 34.9 Å². The van der Waals surface area contributed by atoms with E-state index < -0.39 is 0 Å². The van der Waals surface area contributed by atoms with Crippen molar-refractivity contribution in [3.63, 3.8) is 0 Å². The first-order valence-corrected chi connectivity index (χ1v) is 8.00. The molecule has 3 aromatic rings. The molecule has 1 aromatic heterocycles. The number of aromatic nitrogens is 2. The van der Waals surface area contributed by atoms with Gasteiger partial charge in [-0.25, -0.2) is 4.98 Å². The van der Waals surface area contributed by atoms with Gasteiger partial charge in [-0.3, -0.25) is 4.79 Å². The fourth-order valence-corrected chi connectivity index (χ4v) is 2.55. The molecule has 25 heavy (non-hydrogen) atoms. The lowest BCUT2D eigenvalue weighted by Gasteiger charge is -2.03. The molecule has 1 heterocycles. The quantitative estimate of drug-likeness (QED) is 0.405. The highest BCUT2D eigenvalue weighted by atomic mass is 16.1. The molecule has 3 heteroatoms. The van der Waals surface area contributed by atoms with Gasteiger partial charge < -0.3 is 4.57 Å². The van der Waals surface area contributed by atoms with E-state index in [9.17, 15) is 4.79 Å². The fourth-order valence-electron chi connectivity index (χ4n) is 2.55. The van der Waals surface area contributed by atoms with Gasteiger partial charge in [-0.2, -0.15) is 0 Å². The number of rotatable bonds is 5. The van der Waals surface area contributed by atoms with Crippen LogP contribution in [0.25, 0.3) is 6.08 Å². The van der Waals surface area contributed by atoms with Crippen LogP contribution in [-0.2, 0) is 13.5 Å². The molecular formula is C22H18N2O. The van der Waals surface area contributed by atoms with Gasteiger partial charge in [0.2, 0.25) is 5.78 Å². The minimum atomic E-state index is -0.106. The van der Waals surface area contributed by atoms with E-state index in [2.05, 4.69) is 35.2 Å². The first-order valence-electron chi connectivity index (χ1n) is 8.00. The molecule has 0 spiro atoms. The lowest BCUT2D eigenvalue weighted by Crippen LogP contribution is -2.03. The van der Waals surface area contributed by atoms with Gasteiger partial charge >= 0.3 is 0 Å². The molecule has 0 bridgehead atoms. The molecule has 0 atom stereocenters. The summed E-state index contributed by atoms with van der Waals surface area (Å²) in [6.07, 6.45) is 13.0. The van der Waals surface area contributed by atoms with E-state index in [1.807, 2.05) is 30.3 Å². The molecule has 0 unspecified atom stereocenters. The monoisotopic (exact) mass is 326 g/mol. The zero-order chi connectivity index (χ0) is 17.6. The third-order valence-corrected chi connectivity index (χ3v) is 3.98. The number of allylic oxidation sites excluding steroid dienone is 1. The first kappa shape index (κ1) is 16.5. The molecule has 0 aliphatic heterocycles. The minimum absolute atomic E-state index is 0.106. The number of carbonyl (C=O) groups is 1. The second kappa shape index (κ2) is 7.46.